The molecule has 17 heavy (non-hydrogen) atoms. The van der Waals surface area contributed by atoms with E-state index >= 15 is 0 Å². The second kappa shape index (κ2) is 5.38. The lowest BCUT2D eigenvalue weighted by molar-refractivity contribution is 0.182. The van der Waals surface area contributed by atoms with E-state index in [0.29, 0.717) is 6.04 Å². The topological polar surface area (TPSA) is 44.7 Å². The summed E-state index contributed by atoms with van der Waals surface area (Å²) < 4.78 is 5.34. The molecule has 94 valence electrons. The highest BCUT2D eigenvalue weighted by Crippen LogP contribution is 2.31. The van der Waals surface area contributed by atoms with Gasteiger partial charge < -0.3 is 15.2 Å². The van der Waals surface area contributed by atoms with Crippen molar-refractivity contribution in [3.63, 3.8) is 0 Å². The molecule has 0 bridgehead atoms. The van der Waals surface area contributed by atoms with Crippen LogP contribution in [0.2, 0.25) is 0 Å². The highest BCUT2D eigenvalue weighted by atomic mass is 16.5. The Morgan fingerprint density at radius 1 is 1.35 bits per heavy atom. The van der Waals surface area contributed by atoms with Crippen LogP contribution in [-0.2, 0) is 0 Å². The number of benzene rings is 1. The van der Waals surface area contributed by atoms with Gasteiger partial charge in [0.05, 0.1) is 7.11 Å². The van der Waals surface area contributed by atoms with Crippen molar-refractivity contribution < 1.29 is 9.84 Å². The highest BCUT2D eigenvalue weighted by molar-refractivity contribution is 5.41. The maximum Gasteiger partial charge on any atom is 0.127 e. The summed E-state index contributed by atoms with van der Waals surface area (Å²) in [5.41, 5.74) is 1.13. The summed E-state index contributed by atoms with van der Waals surface area (Å²) in [5, 5.41) is 12.8. The first-order chi connectivity index (χ1) is 8.22. The SMILES string of the molecule is COc1cc(O)ccc1[C@@H](C)N1CCNCC1. The predicted octanol–water partition coefficient (Wildman–Crippen LogP) is 1.37. The molecule has 0 aromatic heterocycles. The van der Waals surface area contributed by atoms with Gasteiger partial charge in [-0.15, -0.1) is 0 Å². The number of phenols is 1. The van der Waals surface area contributed by atoms with Gasteiger partial charge in [-0.05, 0) is 13.0 Å². The van der Waals surface area contributed by atoms with E-state index in [1.807, 2.05) is 6.07 Å². The normalized spacial score (nSPS) is 18.9. The highest BCUT2D eigenvalue weighted by Gasteiger charge is 2.20. The first-order valence-corrected chi connectivity index (χ1v) is 6.04. The summed E-state index contributed by atoms with van der Waals surface area (Å²) in [7, 11) is 1.64. The number of methoxy groups -OCH3 is 1. The van der Waals surface area contributed by atoms with E-state index in [-0.39, 0.29) is 5.75 Å². The quantitative estimate of drug-likeness (QED) is 0.832. The van der Waals surface area contributed by atoms with E-state index in [1.54, 1.807) is 19.2 Å². The van der Waals surface area contributed by atoms with Crippen LogP contribution in [0.4, 0.5) is 0 Å². The van der Waals surface area contributed by atoms with E-state index in [0.717, 1.165) is 37.5 Å². The Hall–Kier alpha value is -1.26. The largest absolute Gasteiger partial charge is 0.508 e. The number of nitrogens with one attached hydrogen (secondary N) is 1. The van der Waals surface area contributed by atoms with Crippen LogP contribution in [0.3, 0.4) is 0 Å². The smallest absolute Gasteiger partial charge is 0.127 e. The minimum atomic E-state index is 0.248. The number of ether oxygens (including phenoxy) is 1. The molecule has 1 aliphatic heterocycles. The van der Waals surface area contributed by atoms with E-state index in [1.165, 1.54) is 0 Å². The van der Waals surface area contributed by atoms with Crippen molar-refractivity contribution in [3.8, 4) is 11.5 Å². The molecule has 4 nitrogen and oxygen atoms in total. The zero-order valence-electron chi connectivity index (χ0n) is 10.4. The van der Waals surface area contributed by atoms with Crippen molar-refractivity contribution in [1.82, 2.24) is 10.2 Å². The number of hydrogen-bond acceptors (Lipinski definition) is 4. The van der Waals surface area contributed by atoms with E-state index in [9.17, 15) is 5.11 Å². The first-order valence-electron chi connectivity index (χ1n) is 6.04. The third kappa shape index (κ3) is 2.70. The van der Waals surface area contributed by atoms with Gasteiger partial charge in [-0.1, -0.05) is 6.07 Å². The molecular weight excluding hydrogens is 216 g/mol. The molecule has 0 saturated carbocycles. The Balaban J connectivity index is 2.19. The molecule has 1 heterocycles. The summed E-state index contributed by atoms with van der Waals surface area (Å²) in [4.78, 5) is 2.42. The summed E-state index contributed by atoms with van der Waals surface area (Å²) in [6, 6.07) is 5.65. The molecule has 1 aliphatic rings. The second-order valence-corrected chi connectivity index (χ2v) is 4.39. The number of aromatic hydroxyl groups is 1. The third-order valence-electron chi connectivity index (χ3n) is 3.37. The Morgan fingerprint density at radius 3 is 2.71 bits per heavy atom. The van der Waals surface area contributed by atoms with E-state index in [2.05, 4.69) is 17.1 Å². The molecular formula is C13H20N2O2. The molecule has 1 atom stereocenters. The minimum absolute atomic E-state index is 0.248. The molecule has 1 aromatic rings. The van der Waals surface area contributed by atoms with Gasteiger partial charge in [0.15, 0.2) is 0 Å². The first kappa shape index (κ1) is 12.2. The average Bonchev–Trinajstić information content (AvgIpc) is 2.39. The van der Waals surface area contributed by atoms with Crippen LogP contribution >= 0.6 is 0 Å². The lowest BCUT2D eigenvalue weighted by atomic mass is 10.0. The van der Waals surface area contributed by atoms with Gasteiger partial charge in [0.25, 0.3) is 0 Å². The Morgan fingerprint density at radius 2 is 2.06 bits per heavy atom. The third-order valence-corrected chi connectivity index (χ3v) is 3.37. The van der Waals surface area contributed by atoms with Crippen LogP contribution in [0.25, 0.3) is 0 Å². The number of nitrogens with zero attached hydrogens (tertiary/aromatic N) is 1. The minimum Gasteiger partial charge on any atom is -0.508 e. The molecule has 1 fully saturated rings. The van der Waals surface area contributed by atoms with Crippen LogP contribution in [0.1, 0.15) is 18.5 Å². The molecule has 1 aromatic carbocycles. The molecule has 2 rings (SSSR count). The Labute approximate surface area is 102 Å². The van der Waals surface area contributed by atoms with Crippen molar-refractivity contribution in [3.05, 3.63) is 23.8 Å². The van der Waals surface area contributed by atoms with Crippen LogP contribution < -0.4 is 10.1 Å². The molecule has 0 spiro atoms. The summed E-state index contributed by atoms with van der Waals surface area (Å²) in [6.07, 6.45) is 0. The standard InChI is InChI=1S/C13H20N2O2/c1-10(15-7-5-14-6-8-15)12-4-3-11(16)9-13(12)17-2/h3-4,9-10,14,16H,5-8H2,1-2H3/t10-/m1/s1. The Bertz CT molecular complexity index is 376. The van der Waals surface area contributed by atoms with Gasteiger partial charge in [-0.2, -0.15) is 0 Å². The molecule has 0 unspecified atom stereocenters. The van der Waals surface area contributed by atoms with Crippen LogP contribution in [0.15, 0.2) is 18.2 Å². The predicted molar refractivity (Wildman–Crippen MR) is 67.5 cm³/mol. The van der Waals surface area contributed by atoms with Crippen LogP contribution in [0.5, 0.6) is 11.5 Å². The zero-order chi connectivity index (χ0) is 12.3. The van der Waals surface area contributed by atoms with Gasteiger partial charge in [0.1, 0.15) is 11.5 Å². The molecule has 1 saturated heterocycles. The zero-order valence-corrected chi connectivity index (χ0v) is 10.4. The fraction of sp³-hybridized carbons (Fsp3) is 0.538. The lowest BCUT2D eigenvalue weighted by Gasteiger charge is -2.33. The van der Waals surface area contributed by atoms with Gasteiger partial charge in [0.2, 0.25) is 0 Å². The molecule has 0 aliphatic carbocycles. The molecule has 4 heteroatoms. The van der Waals surface area contributed by atoms with Gasteiger partial charge in [0, 0.05) is 43.9 Å². The van der Waals surface area contributed by atoms with Gasteiger partial charge in [-0.3, -0.25) is 4.90 Å². The number of hydrogen-bond donors (Lipinski definition) is 2. The van der Waals surface area contributed by atoms with Crippen LogP contribution in [-0.4, -0.2) is 43.3 Å². The summed E-state index contributed by atoms with van der Waals surface area (Å²) in [6.45, 7) is 6.34. The van der Waals surface area contributed by atoms with Crippen molar-refractivity contribution in [2.24, 2.45) is 0 Å². The monoisotopic (exact) mass is 236 g/mol. The van der Waals surface area contributed by atoms with Crippen LogP contribution in [0, 0.1) is 0 Å². The summed E-state index contributed by atoms with van der Waals surface area (Å²) >= 11 is 0. The maximum atomic E-state index is 9.46. The Kier molecular flexibility index (Phi) is 3.86. The fourth-order valence-corrected chi connectivity index (χ4v) is 2.31. The second-order valence-electron chi connectivity index (χ2n) is 4.39. The van der Waals surface area contributed by atoms with Crippen molar-refractivity contribution in [2.75, 3.05) is 33.3 Å². The van der Waals surface area contributed by atoms with Gasteiger partial charge >= 0.3 is 0 Å². The number of piperazine rings is 1. The summed E-state index contributed by atoms with van der Waals surface area (Å²) in [5.74, 6) is 1.01. The van der Waals surface area contributed by atoms with E-state index in [4.69, 9.17) is 4.74 Å². The van der Waals surface area contributed by atoms with Crippen molar-refractivity contribution in [1.29, 1.82) is 0 Å². The van der Waals surface area contributed by atoms with Crippen molar-refractivity contribution in [2.45, 2.75) is 13.0 Å². The average molecular weight is 236 g/mol. The van der Waals surface area contributed by atoms with Crippen molar-refractivity contribution >= 4 is 0 Å². The van der Waals surface area contributed by atoms with Gasteiger partial charge in [-0.25, -0.2) is 0 Å². The lowest BCUT2D eigenvalue weighted by Crippen LogP contribution is -2.44. The fourth-order valence-electron chi connectivity index (χ4n) is 2.31. The molecule has 0 amide bonds. The molecule has 0 radical (unpaired) electrons. The number of rotatable bonds is 3. The maximum absolute atomic E-state index is 9.46. The molecule has 2 N–H and O–H groups in total. The van der Waals surface area contributed by atoms with E-state index < -0.39 is 0 Å². The number of phenolic OH excluding ortho intramolecular Hbond substituents is 1.